The minimum atomic E-state index is -1.23. The van der Waals surface area contributed by atoms with Crippen molar-refractivity contribution < 1.29 is 13.9 Å². The summed E-state index contributed by atoms with van der Waals surface area (Å²) in [6.07, 6.45) is -1.31. The molecule has 0 aliphatic carbocycles. The normalized spacial score (nSPS) is 13.2. The summed E-state index contributed by atoms with van der Waals surface area (Å²) in [6, 6.07) is -0.904. The minimum Gasteiger partial charge on any atom is -0.468 e. The molecule has 0 amide bonds. The third-order valence-corrected chi connectivity index (χ3v) is 1.27. The lowest BCUT2D eigenvalue weighted by molar-refractivity contribution is -0.142. The maximum Gasteiger partial charge on any atom is 0.322 e. The van der Waals surface area contributed by atoms with Gasteiger partial charge in [-0.2, -0.15) is 0 Å². The summed E-state index contributed by atoms with van der Waals surface area (Å²) < 4.78 is 16.8. The first kappa shape index (κ1) is 18.6. The van der Waals surface area contributed by atoms with Crippen molar-refractivity contribution in [2.24, 2.45) is 11.5 Å². The molecule has 0 saturated heterocycles. The highest BCUT2D eigenvalue weighted by atomic mass is 35.5. The van der Waals surface area contributed by atoms with Crippen LogP contribution >= 0.6 is 24.8 Å². The van der Waals surface area contributed by atoms with E-state index >= 15 is 0 Å². The van der Waals surface area contributed by atoms with Crippen LogP contribution in [0.3, 0.4) is 0 Å². The molecule has 2 atom stereocenters. The molecule has 0 aliphatic rings. The number of hydrogen-bond acceptors (Lipinski definition) is 4. The van der Waals surface area contributed by atoms with Crippen LogP contribution in [0.2, 0.25) is 0 Å². The van der Waals surface area contributed by atoms with Crippen molar-refractivity contribution in [3.05, 3.63) is 0 Å². The Morgan fingerprint density at radius 1 is 1.54 bits per heavy atom. The van der Waals surface area contributed by atoms with Gasteiger partial charge in [-0.25, -0.2) is 4.39 Å². The van der Waals surface area contributed by atoms with Crippen LogP contribution in [0.15, 0.2) is 0 Å². The molecule has 13 heavy (non-hydrogen) atoms. The van der Waals surface area contributed by atoms with Crippen molar-refractivity contribution in [2.75, 3.05) is 13.7 Å². The summed E-state index contributed by atoms with van der Waals surface area (Å²) in [7, 11) is 1.21. The molecule has 82 valence electrons. The Morgan fingerprint density at radius 2 is 2.00 bits per heavy atom. The monoisotopic (exact) mass is 236 g/mol. The highest BCUT2D eigenvalue weighted by molar-refractivity contribution is 5.85. The van der Waals surface area contributed by atoms with Crippen LogP contribution in [-0.4, -0.2) is 31.8 Å². The molecule has 0 bridgehead atoms. The number of carbonyl (C=O) groups is 1. The van der Waals surface area contributed by atoms with E-state index in [2.05, 4.69) is 4.74 Å². The predicted molar refractivity (Wildman–Crippen MR) is 53.1 cm³/mol. The average molecular weight is 237 g/mol. The first-order chi connectivity index (χ1) is 5.11. The summed E-state index contributed by atoms with van der Waals surface area (Å²) in [5.74, 6) is -0.610. The number of carbonyl (C=O) groups excluding carboxylic acids is 1. The predicted octanol–water partition coefficient (Wildman–Crippen LogP) is 0.0172. The number of esters is 1. The van der Waals surface area contributed by atoms with Crippen molar-refractivity contribution in [1.82, 2.24) is 0 Å². The number of ether oxygens (including phenoxy) is 1. The molecule has 0 fully saturated rings. The number of rotatable bonds is 4. The third kappa shape index (κ3) is 8.24. The Morgan fingerprint density at radius 3 is 2.31 bits per heavy atom. The van der Waals surface area contributed by atoms with Gasteiger partial charge in [0.1, 0.15) is 12.2 Å². The van der Waals surface area contributed by atoms with Gasteiger partial charge in [-0.15, -0.1) is 24.8 Å². The summed E-state index contributed by atoms with van der Waals surface area (Å²) in [4.78, 5) is 10.6. The van der Waals surface area contributed by atoms with E-state index in [4.69, 9.17) is 11.5 Å². The van der Waals surface area contributed by atoms with Gasteiger partial charge in [-0.3, -0.25) is 4.79 Å². The maximum absolute atomic E-state index is 12.5. The largest absolute Gasteiger partial charge is 0.468 e. The van der Waals surface area contributed by atoms with Crippen molar-refractivity contribution >= 4 is 30.8 Å². The zero-order chi connectivity index (χ0) is 8.85. The number of hydrogen-bond donors (Lipinski definition) is 2. The molecule has 0 aliphatic heterocycles. The molecule has 7 heteroatoms. The van der Waals surface area contributed by atoms with Gasteiger partial charge in [0.05, 0.1) is 7.11 Å². The Balaban J connectivity index is -0.000000500. The van der Waals surface area contributed by atoms with E-state index in [9.17, 15) is 9.18 Å². The van der Waals surface area contributed by atoms with E-state index in [1.165, 1.54) is 7.11 Å². The van der Waals surface area contributed by atoms with Crippen LogP contribution in [0.5, 0.6) is 0 Å². The molecule has 0 aromatic heterocycles. The Bertz CT molecular complexity index is 140. The van der Waals surface area contributed by atoms with E-state index in [-0.39, 0.29) is 37.8 Å². The summed E-state index contributed by atoms with van der Waals surface area (Å²) in [5.41, 5.74) is 10.2. The standard InChI is InChI=1S/C6H13FN2O2.2ClH/c1-11-6(10)5(9)2-4(7)3-8;;/h4-5H,2-3,8-9H2,1H3;2*1H/t4-,5-;;/m0../s1. The van der Waals surface area contributed by atoms with Gasteiger partial charge in [0.25, 0.3) is 0 Å². The topological polar surface area (TPSA) is 78.3 Å². The highest BCUT2D eigenvalue weighted by Crippen LogP contribution is 2.00. The number of nitrogens with two attached hydrogens (primary N) is 2. The smallest absolute Gasteiger partial charge is 0.322 e. The van der Waals surface area contributed by atoms with Gasteiger partial charge in [0.15, 0.2) is 0 Å². The first-order valence-electron chi connectivity index (χ1n) is 3.29. The van der Waals surface area contributed by atoms with Crippen molar-refractivity contribution in [3.63, 3.8) is 0 Å². The van der Waals surface area contributed by atoms with Gasteiger partial charge >= 0.3 is 5.97 Å². The number of methoxy groups -OCH3 is 1. The lowest BCUT2D eigenvalue weighted by atomic mass is 10.1. The molecule has 4 N–H and O–H groups in total. The first-order valence-corrected chi connectivity index (χ1v) is 3.29. The van der Waals surface area contributed by atoms with Crippen LogP contribution in [0.25, 0.3) is 0 Å². The van der Waals surface area contributed by atoms with E-state index < -0.39 is 18.2 Å². The molecule has 4 nitrogen and oxygen atoms in total. The fourth-order valence-electron chi connectivity index (χ4n) is 0.619. The van der Waals surface area contributed by atoms with Crippen LogP contribution in [0.1, 0.15) is 6.42 Å². The molecule has 0 radical (unpaired) electrons. The molecular formula is C6H15Cl2FN2O2. The highest BCUT2D eigenvalue weighted by Gasteiger charge is 2.18. The maximum atomic E-state index is 12.5. The van der Waals surface area contributed by atoms with Crippen molar-refractivity contribution in [2.45, 2.75) is 18.6 Å². The van der Waals surface area contributed by atoms with Crippen LogP contribution < -0.4 is 11.5 Å². The van der Waals surface area contributed by atoms with Crippen molar-refractivity contribution in [1.29, 1.82) is 0 Å². The van der Waals surface area contributed by atoms with E-state index in [0.29, 0.717) is 0 Å². The molecule has 0 heterocycles. The van der Waals surface area contributed by atoms with Gasteiger partial charge in [-0.05, 0) is 0 Å². The van der Waals surface area contributed by atoms with Crippen LogP contribution in [0.4, 0.5) is 4.39 Å². The van der Waals surface area contributed by atoms with Gasteiger partial charge in [0, 0.05) is 13.0 Å². The molecule has 0 aromatic rings. The third-order valence-electron chi connectivity index (χ3n) is 1.27. The summed E-state index contributed by atoms with van der Waals surface area (Å²) >= 11 is 0. The second-order valence-corrected chi connectivity index (χ2v) is 2.20. The summed E-state index contributed by atoms with van der Waals surface area (Å²) in [6.45, 7) is -0.120. The second kappa shape index (κ2) is 9.98. The quantitative estimate of drug-likeness (QED) is 0.675. The van der Waals surface area contributed by atoms with E-state index in [1.54, 1.807) is 0 Å². The number of alkyl halides is 1. The molecule has 0 saturated carbocycles. The van der Waals surface area contributed by atoms with Gasteiger partial charge in [-0.1, -0.05) is 0 Å². The Kier molecular flexibility index (Phi) is 14.3. The average Bonchev–Trinajstić information content (AvgIpc) is 2.02. The van der Waals surface area contributed by atoms with E-state index in [0.717, 1.165) is 0 Å². The fraction of sp³-hybridized carbons (Fsp3) is 0.833. The van der Waals surface area contributed by atoms with Crippen molar-refractivity contribution in [3.8, 4) is 0 Å². The minimum absolute atomic E-state index is 0. The lowest BCUT2D eigenvalue weighted by Gasteiger charge is -2.10. The van der Waals surface area contributed by atoms with Crippen LogP contribution in [-0.2, 0) is 9.53 Å². The second-order valence-electron chi connectivity index (χ2n) is 2.20. The van der Waals surface area contributed by atoms with Crippen LogP contribution in [0, 0.1) is 0 Å². The summed E-state index contributed by atoms with van der Waals surface area (Å²) in [5, 5.41) is 0. The zero-order valence-electron chi connectivity index (χ0n) is 7.23. The molecular weight excluding hydrogens is 222 g/mol. The van der Waals surface area contributed by atoms with E-state index in [1.807, 2.05) is 0 Å². The molecule has 0 aromatic carbocycles. The molecule has 0 unspecified atom stereocenters. The Labute approximate surface area is 89.0 Å². The molecule has 0 spiro atoms. The fourth-order valence-corrected chi connectivity index (χ4v) is 0.619. The molecule has 0 rings (SSSR count). The lowest BCUT2D eigenvalue weighted by Crippen LogP contribution is -2.36. The SMILES string of the molecule is COC(=O)[C@@H](N)C[C@H](F)CN.Cl.Cl. The van der Waals surface area contributed by atoms with Gasteiger partial charge in [0.2, 0.25) is 0 Å². The number of halogens is 3. The van der Waals surface area contributed by atoms with Gasteiger partial charge < -0.3 is 16.2 Å². The zero-order valence-corrected chi connectivity index (χ0v) is 8.87. The Hall–Kier alpha value is -0.100.